The van der Waals surface area contributed by atoms with Gasteiger partial charge in [0, 0.05) is 0 Å². The van der Waals surface area contributed by atoms with Gasteiger partial charge in [0.05, 0.1) is 18.0 Å². The van der Waals surface area contributed by atoms with Crippen LogP contribution in [0.15, 0.2) is 85.2 Å². The Morgan fingerprint density at radius 3 is 2.15 bits per heavy atom. The Balaban J connectivity index is 1.72. The van der Waals surface area contributed by atoms with E-state index in [0.29, 0.717) is 5.56 Å². The highest BCUT2D eigenvalue weighted by Gasteiger charge is 2.30. The molecule has 0 saturated heterocycles. The van der Waals surface area contributed by atoms with Gasteiger partial charge in [-0.1, -0.05) is 72.7 Å². The number of alkyl halides is 2. The molecule has 204 valence electrons. The van der Waals surface area contributed by atoms with E-state index in [2.05, 4.69) is 21.2 Å². The number of terminal acetylenes is 1. The van der Waals surface area contributed by atoms with E-state index in [0.717, 1.165) is 11.1 Å². The van der Waals surface area contributed by atoms with Crippen molar-refractivity contribution in [2.75, 3.05) is 6.54 Å². The van der Waals surface area contributed by atoms with Crippen LogP contribution in [0, 0.1) is 18.2 Å². The van der Waals surface area contributed by atoms with E-state index in [1.807, 2.05) is 60.7 Å². The summed E-state index contributed by atoms with van der Waals surface area (Å²) in [5, 5.41) is 2.24. The highest BCUT2D eigenvalue weighted by atomic mass is 19.3. The Labute approximate surface area is 230 Å². The van der Waals surface area contributed by atoms with Crippen LogP contribution in [0.3, 0.4) is 0 Å². The summed E-state index contributed by atoms with van der Waals surface area (Å²) in [6.07, 6.45) is 3.69. The second kappa shape index (κ2) is 13.8. The van der Waals surface area contributed by atoms with Gasteiger partial charge in [-0.2, -0.15) is 4.98 Å². The van der Waals surface area contributed by atoms with E-state index in [-0.39, 0.29) is 42.5 Å². The first-order chi connectivity index (χ1) is 19.4. The summed E-state index contributed by atoms with van der Waals surface area (Å²) in [5.74, 6) is -0.108. The van der Waals surface area contributed by atoms with Gasteiger partial charge in [-0.15, -0.1) is 6.42 Å². The topological polar surface area (TPSA) is 73.3 Å². The predicted molar refractivity (Wildman–Crippen MR) is 143 cm³/mol. The maximum absolute atomic E-state index is 14.5. The lowest BCUT2D eigenvalue weighted by Gasteiger charge is -2.21. The van der Waals surface area contributed by atoms with E-state index in [9.17, 15) is 18.0 Å². The zero-order valence-electron chi connectivity index (χ0n) is 21.4. The van der Waals surface area contributed by atoms with Crippen molar-refractivity contribution in [2.45, 2.75) is 32.0 Å². The van der Waals surface area contributed by atoms with Gasteiger partial charge >= 0.3 is 0 Å². The monoisotopic (exact) mass is 545 g/mol. The molecule has 0 bridgehead atoms. The first kappa shape index (κ1) is 28.2. The summed E-state index contributed by atoms with van der Waals surface area (Å²) in [7, 11) is 0. The summed E-state index contributed by atoms with van der Waals surface area (Å²) in [5.41, 5.74) is 2.28. The van der Waals surface area contributed by atoms with Crippen LogP contribution < -0.4 is 14.8 Å². The van der Waals surface area contributed by atoms with Crippen LogP contribution in [-0.4, -0.2) is 28.8 Å². The van der Waals surface area contributed by atoms with Crippen molar-refractivity contribution in [3.8, 4) is 24.0 Å². The maximum Gasteiger partial charge on any atom is 0.260 e. The molecule has 1 atom stereocenters. The Morgan fingerprint density at radius 1 is 0.900 bits per heavy atom. The molecular formula is C31H26F3N3O3. The first-order valence-electron chi connectivity index (χ1n) is 12.4. The number of hydrogen-bond acceptors (Lipinski definition) is 5. The molecule has 0 aliphatic heterocycles. The van der Waals surface area contributed by atoms with Crippen LogP contribution >= 0.6 is 0 Å². The molecule has 0 saturated carbocycles. The number of ether oxygens (including phenoxy) is 2. The van der Waals surface area contributed by atoms with Gasteiger partial charge in [-0.3, -0.25) is 4.79 Å². The third-order valence-electron chi connectivity index (χ3n) is 5.95. The number of halogens is 3. The highest BCUT2D eigenvalue weighted by molar-refractivity contribution is 5.84. The van der Waals surface area contributed by atoms with Crippen LogP contribution in [0.25, 0.3) is 0 Å². The number of carbonyl (C=O) groups excluding carboxylic acids is 1. The average Bonchev–Trinajstić information content (AvgIpc) is 2.98. The fourth-order valence-corrected chi connectivity index (χ4v) is 3.97. The van der Waals surface area contributed by atoms with Crippen LogP contribution in [0.2, 0.25) is 0 Å². The van der Waals surface area contributed by atoms with Gasteiger partial charge in [0.25, 0.3) is 12.3 Å². The molecule has 0 radical (unpaired) electrons. The molecule has 0 spiro atoms. The molecule has 1 heterocycles. The van der Waals surface area contributed by atoms with Crippen molar-refractivity contribution in [3.05, 3.63) is 119 Å². The summed E-state index contributed by atoms with van der Waals surface area (Å²) in [4.78, 5) is 21.8. The molecule has 0 aliphatic carbocycles. The molecule has 3 aromatic carbocycles. The SMILES string of the molecule is C#Cc1ccc(CC(C(=O)NCC(F)F)c2ncnc(OCc3ccccc3)c2OCc2ccccc2)cc1F. The second-order valence-corrected chi connectivity index (χ2v) is 8.79. The minimum atomic E-state index is -2.76. The maximum atomic E-state index is 14.5. The molecular weight excluding hydrogens is 519 g/mol. The summed E-state index contributed by atoms with van der Waals surface area (Å²) >= 11 is 0. The third-order valence-corrected chi connectivity index (χ3v) is 5.95. The van der Waals surface area contributed by atoms with Crippen molar-refractivity contribution >= 4 is 5.91 Å². The molecule has 0 aliphatic rings. The lowest BCUT2D eigenvalue weighted by Crippen LogP contribution is -2.34. The number of nitrogens with zero attached hydrogens (tertiary/aromatic N) is 2. The van der Waals surface area contributed by atoms with Crippen molar-refractivity contribution in [1.29, 1.82) is 0 Å². The molecule has 6 nitrogen and oxygen atoms in total. The normalized spacial score (nSPS) is 11.5. The Morgan fingerprint density at radius 2 is 1.55 bits per heavy atom. The van der Waals surface area contributed by atoms with Gasteiger partial charge in [0.2, 0.25) is 11.7 Å². The number of aromatic nitrogens is 2. The van der Waals surface area contributed by atoms with E-state index in [4.69, 9.17) is 15.9 Å². The van der Waals surface area contributed by atoms with Crippen molar-refractivity contribution < 1.29 is 27.4 Å². The number of benzene rings is 3. The molecule has 1 unspecified atom stereocenters. The van der Waals surface area contributed by atoms with Gasteiger partial charge in [-0.25, -0.2) is 18.2 Å². The standard InChI is InChI=1S/C31H26F3N3O3/c1-2-24-14-13-23(16-26(24)32)15-25(30(38)35-17-27(33)34)28-29(39-18-21-9-5-3-6-10-21)31(37-20-36-28)40-19-22-11-7-4-8-12-22/h1,3-14,16,20,25,27H,15,17-19H2,(H,35,38). The average molecular weight is 546 g/mol. The molecule has 4 aromatic rings. The molecule has 0 fully saturated rings. The quantitative estimate of drug-likeness (QED) is 0.239. The molecule has 4 rings (SSSR count). The van der Waals surface area contributed by atoms with Crippen LogP contribution in [-0.2, 0) is 24.4 Å². The number of amides is 1. The fraction of sp³-hybridized carbons (Fsp3) is 0.194. The smallest absolute Gasteiger partial charge is 0.260 e. The van der Waals surface area contributed by atoms with E-state index in [1.165, 1.54) is 18.5 Å². The number of nitrogens with one attached hydrogen (secondary N) is 1. The summed E-state index contributed by atoms with van der Waals surface area (Å²) in [6.45, 7) is -0.609. The Kier molecular flexibility index (Phi) is 9.72. The van der Waals surface area contributed by atoms with E-state index in [1.54, 1.807) is 6.07 Å². The molecule has 1 N–H and O–H groups in total. The van der Waals surface area contributed by atoms with E-state index >= 15 is 0 Å². The molecule has 40 heavy (non-hydrogen) atoms. The van der Waals surface area contributed by atoms with Crippen LogP contribution in [0.1, 0.15) is 33.9 Å². The van der Waals surface area contributed by atoms with Gasteiger partial charge in [0.15, 0.2) is 0 Å². The molecule has 1 amide bonds. The Hall–Kier alpha value is -4.84. The number of carbonyl (C=O) groups is 1. The summed E-state index contributed by atoms with van der Waals surface area (Å²) in [6, 6.07) is 22.8. The summed E-state index contributed by atoms with van der Waals surface area (Å²) < 4.78 is 52.5. The molecule has 1 aromatic heterocycles. The number of hydrogen-bond donors (Lipinski definition) is 1. The number of rotatable bonds is 12. The van der Waals surface area contributed by atoms with Crippen molar-refractivity contribution in [1.82, 2.24) is 15.3 Å². The minimum absolute atomic E-state index is 0.0629. The largest absolute Gasteiger partial charge is 0.482 e. The zero-order valence-corrected chi connectivity index (χ0v) is 21.4. The van der Waals surface area contributed by atoms with Crippen LogP contribution in [0.5, 0.6) is 11.6 Å². The van der Waals surface area contributed by atoms with Gasteiger partial charge in [0.1, 0.15) is 31.1 Å². The third kappa shape index (κ3) is 7.60. The zero-order chi connectivity index (χ0) is 28.3. The highest BCUT2D eigenvalue weighted by Crippen LogP contribution is 2.35. The minimum Gasteiger partial charge on any atom is -0.482 e. The first-order valence-corrected chi connectivity index (χ1v) is 12.4. The Bertz CT molecular complexity index is 1460. The van der Waals surface area contributed by atoms with Crippen molar-refractivity contribution in [2.24, 2.45) is 0 Å². The van der Waals surface area contributed by atoms with E-state index < -0.39 is 30.6 Å². The lowest BCUT2D eigenvalue weighted by molar-refractivity contribution is -0.123. The second-order valence-electron chi connectivity index (χ2n) is 8.79. The van der Waals surface area contributed by atoms with Crippen LogP contribution in [0.4, 0.5) is 13.2 Å². The fourth-order valence-electron chi connectivity index (χ4n) is 3.97. The van der Waals surface area contributed by atoms with Crippen molar-refractivity contribution in [3.63, 3.8) is 0 Å². The van der Waals surface area contributed by atoms with Gasteiger partial charge < -0.3 is 14.8 Å². The van der Waals surface area contributed by atoms with Gasteiger partial charge in [-0.05, 0) is 35.2 Å². The lowest BCUT2D eigenvalue weighted by atomic mass is 9.93. The molecule has 9 heteroatoms. The predicted octanol–water partition coefficient (Wildman–Crippen LogP) is 5.46.